The van der Waals surface area contributed by atoms with Crippen LogP contribution >= 0.6 is 0 Å². The zero-order valence-corrected chi connectivity index (χ0v) is 16.0. The van der Waals surface area contributed by atoms with Crippen molar-refractivity contribution in [2.75, 3.05) is 19.6 Å². The Balaban J connectivity index is 1.49. The Labute approximate surface area is 164 Å². The van der Waals surface area contributed by atoms with Gasteiger partial charge in [-0.3, -0.25) is 14.9 Å². The van der Waals surface area contributed by atoms with Gasteiger partial charge in [0.1, 0.15) is 5.82 Å². The molecule has 2 aromatic rings. The summed E-state index contributed by atoms with van der Waals surface area (Å²) in [7, 11) is 0. The average molecular weight is 381 g/mol. The summed E-state index contributed by atoms with van der Waals surface area (Å²) in [6.45, 7) is 3.54. The van der Waals surface area contributed by atoms with Gasteiger partial charge >= 0.3 is 0 Å². The number of nitrogens with one attached hydrogen (secondary N) is 1. The largest absolute Gasteiger partial charge is 0.338 e. The summed E-state index contributed by atoms with van der Waals surface area (Å²) in [5.74, 6) is -0.302. The van der Waals surface area contributed by atoms with E-state index in [1.54, 1.807) is 23.1 Å². The minimum absolute atomic E-state index is 0.0259. The van der Waals surface area contributed by atoms with Crippen LogP contribution in [0.3, 0.4) is 0 Å². The smallest absolute Gasteiger partial charge is 0.254 e. The van der Waals surface area contributed by atoms with Crippen molar-refractivity contribution in [3.63, 3.8) is 0 Å². The second-order valence-corrected chi connectivity index (χ2v) is 7.56. The van der Waals surface area contributed by atoms with Gasteiger partial charge in [-0.2, -0.15) is 0 Å². The Morgan fingerprint density at radius 3 is 2.50 bits per heavy atom. The van der Waals surface area contributed by atoms with E-state index in [0.29, 0.717) is 31.5 Å². The quantitative estimate of drug-likeness (QED) is 0.890. The molecule has 2 amide bonds. The predicted molar refractivity (Wildman–Crippen MR) is 104 cm³/mol. The number of likely N-dealkylation sites (tertiary alicyclic amines) is 1. The molecule has 2 saturated heterocycles. The molecule has 2 fully saturated rings. The van der Waals surface area contributed by atoms with Crippen molar-refractivity contribution in [1.29, 1.82) is 0 Å². The van der Waals surface area contributed by atoms with Gasteiger partial charge in [-0.15, -0.1) is 0 Å². The molecule has 28 heavy (non-hydrogen) atoms. The SMILES string of the molecule is Cc1ccccc1C(=O)N1CCC2(CC1)NCC(=O)N2Cc1ccccc1F. The molecule has 0 aliphatic carbocycles. The number of amides is 2. The molecule has 2 heterocycles. The van der Waals surface area contributed by atoms with Crippen molar-refractivity contribution in [2.24, 2.45) is 0 Å². The molecule has 0 atom stereocenters. The normalized spacial score (nSPS) is 18.7. The van der Waals surface area contributed by atoms with Crippen molar-refractivity contribution in [2.45, 2.75) is 32.0 Å². The molecular formula is C22H24FN3O2. The lowest BCUT2D eigenvalue weighted by Gasteiger charge is -2.44. The van der Waals surface area contributed by atoms with E-state index < -0.39 is 5.66 Å². The first-order valence-electron chi connectivity index (χ1n) is 9.64. The third-order valence-electron chi connectivity index (χ3n) is 5.93. The summed E-state index contributed by atoms with van der Waals surface area (Å²) in [4.78, 5) is 29.0. The fourth-order valence-corrected chi connectivity index (χ4v) is 4.22. The van der Waals surface area contributed by atoms with Crippen LogP contribution in [-0.2, 0) is 11.3 Å². The van der Waals surface area contributed by atoms with E-state index in [1.807, 2.05) is 36.1 Å². The van der Waals surface area contributed by atoms with Crippen molar-refractivity contribution >= 4 is 11.8 Å². The molecule has 2 aliphatic heterocycles. The maximum absolute atomic E-state index is 14.1. The Hall–Kier alpha value is -2.73. The molecule has 0 bridgehead atoms. The first-order chi connectivity index (χ1) is 13.5. The molecule has 4 rings (SSSR count). The number of hydrogen-bond acceptors (Lipinski definition) is 3. The topological polar surface area (TPSA) is 52.7 Å². The van der Waals surface area contributed by atoms with Crippen LogP contribution in [0.15, 0.2) is 48.5 Å². The van der Waals surface area contributed by atoms with E-state index in [-0.39, 0.29) is 30.7 Å². The van der Waals surface area contributed by atoms with Crippen molar-refractivity contribution in [3.05, 3.63) is 71.0 Å². The molecule has 146 valence electrons. The number of piperidine rings is 1. The molecule has 0 radical (unpaired) electrons. The molecule has 1 spiro atoms. The van der Waals surface area contributed by atoms with Crippen LogP contribution in [0.1, 0.15) is 34.3 Å². The minimum Gasteiger partial charge on any atom is -0.338 e. The summed E-state index contributed by atoms with van der Waals surface area (Å²) in [5, 5.41) is 3.34. The van der Waals surface area contributed by atoms with Gasteiger partial charge in [-0.1, -0.05) is 36.4 Å². The molecular weight excluding hydrogens is 357 g/mol. The fraction of sp³-hybridized carbons (Fsp3) is 0.364. The van der Waals surface area contributed by atoms with E-state index in [1.165, 1.54) is 6.07 Å². The third-order valence-corrected chi connectivity index (χ3v) is 5.93. The maximum atomic E-state index is 14.1. The highest BCUT2D eigenvalue weighted by atomic mass is 19.1. The molecule has 0 unspecified atom stereocenters. The minimum atomic E-state index is -0.512. The van der Waals surface area contributed by atoms with Gasteiger partial charge in [0.15, 0.2) is 0 Å². The lowest BCUT2D eigenvalue weighted by Crippen LogP contribution is -2.59. The van der Waals surface area contributed by atoms with Gasteiger partial charge in [0, 0.05) is 37.1 Å². The lowest BCUT2D eigenvalue weighted by molar-refractivity contribution is -0.132. The van der Waals surface area contributed by atoms with Gasteiger partial charge in [-0.25, -0.2) is 4.39 Å². The lowest BCUT2D eigenvalue weighted by atomic mass is 9.94. The van der Waals surface area contributed by atoms with E-state index in [0.717, 1.165) is 11.1 Å². The van der Waals surface area contributed by atoms with Crippen LogP contribution in [0, 0.1) is 12.7 Å². The number of rotatable bonds is 3. The second-order valence-electron chi connectivity index (χ2n) is 7.56. The third kappa shape index (κ3) is 3.29. The fourth-order valence-electron chi connectivity index (χ4n) is 4.22. The number of aryl methyl sites for hydroxylation is 1. The molecule has 6 heteroatoms. The van der Waals surface area contributed by atoms with E-state index >= 15 is 0 Å². The van der Waals surface area contributed by atoms with Crippen LogP contribution in [0.25, 0.3) is 0 Å². The van der Waals surface area contributed by atoms with Gasteiger partial charge in [0.25, 0.3) is 5.91 Å². The van der Waals surface area contributed by atoms with E-state index in [4.69, 9.17) is 0 Å². The summed E-state index contributed by atoms with van der Waals surface area (Å²) >= 11 is 0. The maximum Gasteiger partial charge on any atom is 0.254 e. The van der Waals surface area contributed by atoms with Crippen LogP contribution in [0.4, 0.5) is 4.39 Å². The highest BCUT2D eigenvalue weighted by molar-refractivity contribution is 5.95. The second kappa shape index (κ2) is 7.36. The van der Waals surface area contributed by atoms with Crippen LogP contribution in [0.2, 0.25) is 0 Å². The highest BCUT2D eigenvalue weighted by Crippen LogP contribution is 2.32. The van der Waals surface area contributed by atoms with Crippen molar-refractivity contribution in [1.82, 2.24) is 15.1 Å². The summed E-state index contributed by atoms with van der Waals surface area (Å²) in [5.41, 5.74) is 1.68. The first kappa shape index (κ1) is 18.6. The standard InChI is InChI=1S/C22H24FN3O2/c1-16-6-2-4-8-18(16)21(28)25-12-10-22(11-13-25)24-14-20(27)26(22)15-17-7-3-5-9-19(17)23/h2-9,24H,10-15H2,1H3. The number of carbonyl (C=O) groups is 2. The van der Waals surface area contributed by atoms with Gasteiger partial charge < -0.3 is 9.80 Å². The summed E-state index contributed by atoms with van der Waals surface area (Å²) < 4.78 is 14.1. The number of halogens is 1. The molecule has 5 nitrogen and oxygen atoms in total. The zero-order chi connectivity index (χ0) is 19.7. The number of nitrogens with zero attached hydrogens (tertiary/aromatic N) is 2. The summed E-state index contributed by atoms with van der Waals surface area (Å²) in [6, 6.07) is 14.1. The van der Waals surface area contributed by atoms with Gasteiger partial charge in [0.05, 0.1) is 18.8 Å². The van der Waals surface area contributed by atoms with E-state index in [2.05, 4.69) is 5.32 Å². The van der Waals surface area contributed by atoms with Crippen molar-refractivity contribution < 1.29 is 14.0 Å². The first-order valence-corrected chi connectivity index (χ1v) is 9.64. The highest BCUT2D eigenvalue weighted by Gasteiger charge is 2.47. The molecule has 0 saturated carbocycles. The van der Waals surface area contributed by atoms with Crippen LogP contribution in [0.5, 0.6) is 0 Å². The van der Waals surface area contributed by atoms with Crippen molar-refractivity contribution in [3.8, 4) is 0 Å². The van der Waals surface area contributed by atoms with Crippen LogP contribution < -0.4 is 5.32 Å². The number of benzene rings is 2. The molecule has 0 aromatic heterocycles. The predicted octanol–water partition coefficient (Wildman–Crippen LogP) is 2.70. The average Bonchev–Trinajstić information content (AvgIpc) is 3.00. The van der Waals surface area contributed by atoms with Gasteiger partial charge in [0.2, 0.25) is 5.91 Å². The Kier molecular flexibility index (Phi) is 4.89. The Morgan fingerprint density at radius 2 is 1.79 bits per heavy atom. The number of carbonyl (C=O) groups excluding carboxylic acids is 2. The molecule has 2 aromatic carbocycles. The Morgan fingerprint density at radius 1 is 1.11 bits per heavy atom. The monoisotopic (exact) mass is 381 g/mol. The Bertz CT molecular complexity index is 906. The summed E-state index contributed by atoms with van der Waals surface area (Å²) in [6.07, 6.45) is 1.26. The number of hydrogen-bond donors (Lipinski definition) is 1. The van der Waals surface area contributed by atoms with E-state index in [9.17, 15) is 14.0 Å². The molecule has 2 aliphatic rings. The van der Waals surface area contributed by atoms with Gasteiger partial charge in [-0.05, 0) is 24.6 Å². The van der Waals surface area contributed by atoms with Crippen LogP contribution in [-0.4, -0.2) is 46.9 Å². The zero-order valence-electron chi connectivity index (χ0n) is 16.0. The molecule has 1 N–H and O–H groups in total.